The number of alkyl halides is 3. The van der Waals surface area contributed by atoms with E-state index in [0.717, 1.165) is 12.1 Å². The van der Waals surface area contributed by atoms with E-state index in [4.69, 9.17) is 0 Å². The predicted molar refractivity (Wildman–Crippen MR) is 120 cm³/mol. The molecular weight excluding hydrogens is 445 g/mol. The van der Waals surface area contributed by atoms with Crippen LogP contribution in [-0.2, 0) is 12.6 Å². The zero-order valence-corrected chi connectivity index (χ0v) is 19.0. The number of carbonyl (C=O) groups excluding carboxylic acids is 1. The molecular formula is C24H23F3N6O. The number of fused-ring (bicyclic) bond motifs is 2. The van der Waals surface area contributed by atoms with Crippen molar-refractivity contribution in [3.63, 3.8) is 0 Å². The Morgan fingerprint density at radius 2 is 2.00 bits per heavy atom. The molecule has 0 spiro atoms. The van der Waals surface area contributed by atoms with Gasteiger partial charge in [-0.2, -0.15) is 23.4 Å². The number of hydrogen-bond acceptors (Lipinski definition) is 4. The van der Waals surface area contributed by atoms with Crippen LogP contribution in [-0.4, -0.2) is 37.3 Å². The highest BCUT2D eigenvalue weighted by molar-refractivity contribution is 6.05. The third-order valence-corrected chi connectivity index (χ3v) is 6.27. The summed E-state index contributed by atoms with van der Waals surface area (Å²) in [5.41, 5.74) is 2.76. The van der Waals surface area contributed by atoms with Crippen molar-refractivity contribution in [2.75, 3.05) is 11.9 Å². The maximum Gasteiger partial charge on any atom is 0.435 e. The van der Waals surface area contributed by atoms with Gasteiger partial charge in [0.05, 0.1) is 35.2 Å². The van der Waals surface area contributed by atoms with E-state index in [-0.39, 0.29) is 17.4 Å². The summed E-state index contributed by atoms with van der Waals surface area (Å²) in [7, 11) is 1.62. The fourth-order valence-electron chi connectivity index (χ4n) is 4.60. The number of hydrogen-bond donors (Lipinski definition) is 0. The summed E-state index contributed by atoms with van der Waals surface area (Å²) in [4.78, 5) is 19.0. The minimum Gasteiger partial charge on any atom is -0.309 e. The molecule has 4 aromatic rings. The van der Waals surface area contributed by atoms with Gasteiger partial charge in [-0.25, -0.2) is 14.2 Å². The van der Waals surface area contributed by atoms with E-state index >= 15 is 0 Å². The van der Waals surface area contributed by atoms with E-state index < -0.39 is 11.9 Å². The largest absolute Gasteiger partial charge is 0.435 e. The van der Waals surface area contributed by atoms with Crippen LogP contribution >= 0.6 is 0 Å². The fourth-order valence-corrected chi connectivity index (χ4v) is 4.60. The minimum atomic E-state index is -4.53. The van der Waals surface area contributed by atoms with Gasteiger partial charge in [-0.1, -0.05) is 13.0 Å². The molecule has 0 saturated heterocycles. The molecule has 1 aliphatic rings. The third-order valence-electron chi connectivity index (χ3n) is 6.27. The highest BCUT2D eigenvalue weighted by atomic mass is 19.4. The third kappa shape index (κ3) is 3.72. The minimum absolute atomic E-state index is 0.0651. The van der Waals surface area contributed by atoms with Crippen molar-refractivity contribution in [3.8, 4) is 5.69 Å². The normalized spacial score (nSPS) is 16.0. The van der Waals surface area contributed by atoms with Crippen LogP contribution in [0.15, 0.2) is 42.7 Å². The lowest BCUT2D eigenvalue weighted by atomic mass is 9.87. The lowest BCUT2D eigenvalue weighted by molar-refractivity contribution is -0.142. The van der Waals surface area contributed by atoms with Gasteiger partial charge in [0.1, 0.15) is 0 Å². The summed E-state index contributed by atoms with van der Waals surface area (Å²) in [6, 6.07) is 8.37. The Bertz CT molecular complexity index is 1400. The summed E-state index contributed by atoms with van der Waals surface area (Å²) in [5.74, 6) is -0.387. The number of halogens is 3. The fraction of sp³-hybridized carbons (Fsp3) is 0.333. The number of aromatic nitrogens is 5. The lowest BCUT2D eigenvalue weighted by Gasteiger charge is -2.22. The van der Waals surface area contributed by atoms with Gasteiger partial charge < -0.3 is 4.90 Å². The van der Waals surface area contributed by atoms with Crippen molar-refractivity contribution in [1.82, 2.24) is 24.4 Å². The number of benzene rings is 1. The number of nitrogens with zero attached hydrogens (tertiary/aromatic N) is 6. The summed E-state index contributed by atoms with van der Waals surface area (Å²) in [6.07, 6.45) is 0.590. The average molecular weight is 468 g/mol. The number of aryl methyl sites for hydroxylation is 1. The van der Waals surface area contributed by atoms with Gasteiger partial charge in [0, 0.05) is 24.2 Å². The summed E-state index contributed by atoms with van der Waals surface area (Å²) < 4.78 is 44.0. The van der Waals surface area contributed by atoms with Crippen LogP contribution < -0.4 is 4.90 Å². The van der Waals surface area contributed by atoms with Gasteiger partial charge in [0.15, 0.2) is 11.3 Å². The number of rotatable bonds is 3. The Morgan fingerprint density at radius 3 is 2.76 bits per heavy atom. The first-order valence-electron chi connectivity index (χ1n) is 11.0. The number of anilines is 1. The molecule has 0 fully saturated rings. The molecule has 0 saturated carbocycles. The highest BCUT2D eigenvalue weighted by Gasteiger charge is 2.41. The zero-order chi connectivity index (χ0) is 24.2. The predicted octanol–water partition coefficient (Wildman–Crippen LogP) is 4.96. The van der Waals surface area contributed by atoms with Crippen LogP contribution in [0.1, 0.15) is 58.7 Å². The van der Waals surface area contributed by atoms with Crippen LogP contribution in [0.25, 0.3) is 11.3 Å². The van der Waals surface area contributed by atoms with Gasteiger partial charge in [-0.15, -0.1) is 0 Å². The Balaban J connectivity index is 1.52. The first-order valence-corrected chi connectivity index (χ1v) is 11.0. The van der Waals surface area contributed by atoms with E-state index in [1.165, 1.54) is 9.58 Å². The molecule has 5 rings (SSSR count). The molecule has 3 heterocycles. The average Bonchev–Trinajstić information content (AvgIpc) is 3.38. The van der Waals surface area contributed by atoms with Crippen LogP contribution in [0.2, 0.25) is 0 Å². The van der Waals surface area contributed by atoms with Crippen LogP contribution in [0.4, 0.5) is 18.9 Å². The molecule has 0 aliphatic heterocycles. The Labute approximate surface area is 193 Å². The second-order valence-corrected chi connectivity index (χ2v) is 8.73. The molecule has 176 valence electrons. The second-order valence-electron chi connectivity index (χ2n) is 8.73. The van der Waals surface area contributed by atoms with Crippen molar-refractivity contribution < 1.29 is 18.0 Å². The molecule has 0 radical (unpaired) electrons. The molecule has 3 aromatic heterocycles. The molecule has 34 heavy (non-hydrogen) atoms. The Hall–Kier alpha value is -3.69. The van der Waals surface area contributed by atoms with Gasteiger partial charge >= 0.3 is 6.18 Å². The van der Waals surface area contributed by atoms with Gasteiger partial charge in [0.25, 0.3) is 5.91 Å². The van der Waals surface area contributed by atoms with Gasteiger partial charge in [-0.3, -0.25) is 4.79 Å². The number of carbonyl (C=O) groups is 1. The van der Waals surface area contributed by atoms with Gasteiger partial charge in [-0.05, 0) is 50.3 Å². The van der Waals surface area contributed by atoms with Crippen molar-refractivity contribution in [1.29, 1.82) is 0 Å². The smallest absolute Gasteiger partial charge is 0.309 e. The van der Waals surface area contributed by atoms with E-state index in [9.17, 15) is 18.0 Å². The van der Waals surface area contributed by atoms with E-state index in [1.54, 1.807) is 48.2 Å². The van der Waals surface area contributed by atoms with Crippen LogP contribution in [0, 0.1) is 6.92 Å². The first kappa shape index (κ1) is 22.1. The van der Waals surface area contributed by atoms with Crippen LogP contribution in [0.3, 0.4) is 0 Å². The second kappa shape index (κ2) is 7.96. The van der Waals surface area contributed by atoms with E-state index in [2.05, 4.69) is 15.2 Å². The van der Waals surface area contributed by atoms with Crippen LogP contribution in [0.5, 0.6) is 0 Å². The maximum absolute atomic E-state index is 13.7. The summed E-state index contributed by atoms with van der Waals surface area (Å²) in [6.45, 7) is 3.77. The monoisotopic (exact) mass is 468 g/mol. The molecule has 0 N–H and O–H groups in total. The topological polar surface area (TPSA) is 68.3 Å². The maximum atomic E-state index is 13.7. The lowest BCUT2D eigenvalue weighted by Crippen LogP contribution is -2.27. The summed E-state index contributed by atoms with van der Waals surface area (Å²) >= 11 is 0. The number of amides is 1. The Kier molecular flexibility index (Phi) is 5.18. The molecule has 1 amide bonds. The molecule has 1 aromatic carbocycles. The standard InChI is InChI=1S/C24H23F3N6O/c1-14-6-4-9-19-21(14)33(30-22(19)24(25,26)27)17-8-5-7-16(11-17)23(34)31(3)18-12-28-20-10-15(2)29-32(20)13-18/h5,7-8,10-14H,4,6,9H2,1-3H3. The van der Waals surface area contributed by atoms with Crippen molar-refractivity contribution in [2.24, 2.45) is 0 Å². The first-order chi connectivity index (χ1) is 16.1. The quantitative estimate of drug-likeness (QED) is 0.426. The van der Waals surface area contributed by atoms with E-state index in [0.29, 0.717) is 41.1 Å². The molecule has 1 atom stereocenters. The molecule has 7 nitrogen and oxygen atoms in total. The zero-order valence-electron chi connectivity index (χ0n) is 19.0. The van der Waals surface area contributed by atoms with Crippen molar-refractivity contribution in [3.05, 3.63) is 70.9 Å². The van der Waals surface area contributed by atoms with Gasteiger partial charge in [0.2, 0.25) is 0 Å². The van der Waals surface area contributed by atoms with Crippen molar-refractivity contribution >= 4 is 17.2 Å². The molecule has 0 bridgehead atoms. The van der Waals surface area contributed by atoms with E-state index in [1.807, 2.05) is 19.9 Å². The SMILES string of the molecule is Cc1cc2ncc(N(C)C(=O)c3cccc(-n4nc(C(F)(F)F)c5c4C(C)CCC5)c3)cn2n1. The highest BCUT2D eigenvalue weighted by Crippen LogP contribution is 2.40. The van der Waals surface area contributed by atoms with Crippen molar-refractivity contribution in [2.45, 2.75) is 45.2 Å². The summed E-state index contributed by atoms with van der Waals surface area (Å²) in [5, 5.41) is 8.29. The molecule has 1 aliphatic carbocycles. The Morgan fingerprint density at radius 1 is 1.21 bits per heavy atom. The molecule has 10 heteroatoms. The molecule has 1 unspecified atom stereocenters.